The number of aromatic amines is 2. The summed E-state index contributed by atoms with van der Waals surface area (Å²) in [5.74, 6) is -3.27. The van der Waals surface area contributed by atoms with Crippen LogP contribution < -0.4 is 32.0 Å². The van der Waals surface area contributed by atoms with E-state index < -0.39 is 150 Å². The van der Waals surface area contributed by atoms with E-state index in [1.807, 2.05) is 93.0 Å². The van der Waals surface area contributed by atoms with Crippen LogP contribution in [-0.4, -0.2) is 194 Å². The lowest BCUT2D eigenvalue weighted by Gasteiger charge is -2.37. The van der Waals surface area contributed by atoms with Gasteiger partial charge in [0.2, 0.25) is 0 Å². The Bertz CT molecular complexity index is 3540. The van der Waals surface area contributed by atoms with Gasteiger partial charge >= 0.3 is 35.5 Å². The van der Waals surface area contributed by atoms with Gasteiger partial charge < -0.3 is 61.5 Å². The predicted molar refractivity (Wildman–Crippen MR) is 335 cm³/mol. The van der Waals surface area contributed by atoms with Crippen LogP contribution in [0.25, 0.3) is 0 Å². The van der Waals surface area contributed by atoms with Crippen molar-refractivity contribution in [2.24, 2.45) is 0 Å². The number of hydrogen-bond donors (Lipinski definition) is 2. The van der Waals surface area contributed by atoms with E-state index in [0.717, 1.165) is 0 Å². The molecule has 0 spiro atoms. The molecule has 32 heteroatoms. The molecular weight excluding hydrogens is 1300 g/mol. The van der Waals surface area contributed by atoms with Gasteiger partial charge in [-0.15, -0.1) is 0 Å². The number of rotatable bonds is 36. The quantitative estimate of drug-likeness (QED) is 0.0174. The Labute approximate surface area is 550 Å². The number of hydrogen-bond acceptors (Lipinski definition) is 19. The predicted octanol–water partition coefficient (Wildman–Crippen LogP) is 7.18. The number of nitrogens with zero attached hydrogens (tertiary/aromatic N) is 6. The Morgan fingerprint density at radius 2 is 1.05 bits per heavy atom. The minimum absolute atomic E-state index is 0.0337. The van der Waals surface area contributed by atoms with Gasteiger partial charge in [0.15, 0.2) is 0 Å². The molecule has 526 valence electrons. The number of carbonyl (C=O) groups excluding carboxylic acids is 2. The van der Waals surface area contributed by atoms with Crippen molar-refractivity contribution in [1.29, 1.82) is 5.26 Å². The summed E-state index contributed by atoms with van der Waals surface area (Å²) in [4.78, 5) is 81.7. The van der Waals surface area contributed by atoms with E-state index in [2.05, 4.69) is 9.97 Å². The van der Waals surface area contributed by atoms with Crippen LogP contribution in [0.2, 0.25) is 0 Å². The van der Waals surface area contributed by atoms with Crippen molar-refractivity contribution in [2.45, 2.75) is 128 Å². The number of benzene rings is 3. The number of alkyl halides is 6. The molecule has 5 aromatic rings. The summed E-state index contributed by atoms with van der Waals surface area (Å²) < 4.78 is 155. The topological polar surface area (TPSA) is 279 Å². The van der Waals surface area contributed by atoms with E-state index >= 15 is 0 Å². The van der Waals surface area contributed by atoms with Crippen molar-refractivity contribution in [3.63, 3.8) is 0 Å². The number of aryl methyl sites for hydroxylation is 2. The molecule has 2 aliphatic heterocycles. The maximum Gasteiger partial charge on any atom is 0.471 e. The molecule has 3 aromatic carbocycles. The highest BCUT2D eigenvalue weighted by Crippen LogP contribution is 2.50. The summed E-state index contributed by atoms with van der Waals surface area (Å²) in [6, 6.07) is 25.5. The average Bonchev–Trinajstić information content (AvgIpc) is 0.783. The molecule has 2 aliphatic rings. The average molecular weight is 1380 g/mol. The first-order chi connectivity index (χ1) is 45.7. The van der Waals surface area contributed by atoms with Crippen molar-refractivity contribution >= 4 is 20.3 Å². The molecule has 25 nitrogen and oxygen atoms in total. The molecule has 4 heterocycles. The molecule has 2 N–H and O–H groups in total. The van der Waals surface area contributed by atoms with E-state index in [1.165, 1.54) is 49.6 Å². The molecule has 0 bridgehead atoms. The Balaban J connectivity index is 0.964. The van der Waals surface area contributed by atoms with Crippen LogP contribution in [0, 0.1) is 25.2 Å². The van der Waals surface area contributed by atoms with Gasteiger partial charge in [-0.05, 0) is 82.5 Å². The van der Waals surface area contributed by atoms with Gasteiger partial charge in [-0.25, -0.2) is 14.3 Å². The van der Waals surface area contributed by atoms with Crippen molar-refractivity contribution in [3.8, 4) is 17.6 Å². The van der Waals surface area contributed by atoms with Gasteiger partial charge in [0.1, 0.15) is 41.8 Å². The molecule has 1 unspecified atom stereocenters. The zero-order chi connectivity index (χ0) is 69.9. The van der Waals surface area contributed by atoms with Crippen LogP contribution in [0.4, 0.5) is 26.3 Å². The summed E-state index contributed by atoms with van der Waals surface area (Å²) in [5.41, 5.74) is -1.74. The van der Waals surface area contributed by atoms with Crippen molar-refractivity contribution in [3.05, 3.63) is 161 Å². The van der Waals surface area contributed by atoms with Crippen molar-refractivity contribution in [2.75, 3.05) is 99.9 Å². The van der Waals surface area contributed by atoms with E-state index in [-0.39, 0.29) is 75.5 Å². The Morgan fingerprint density at radius 3 is 1.50 bits per heavy atom. The van der Waals surface area contributed by atoms with Gasteiger partial charge in [0.25, 0.3) is 19.6 Å². The summed E-state index contributed by atoms with van der Waals surface area (Å²) in [5, 5.41) is 9.22. The fourth-order valence-corrected chi connectivity index (χ4v) is 12.7. The summed E-state index contributed by atoms with van der Waals surface area (Å²) >= 11 is 0. The second kappa shape index (κ2) is 35.2. The number of H-pyrrole nitrogens is 2. The summed E-state index contributed by atoms with van der Waals surface area (Å²) in [7, 11) is 1.20. The normalized spacial score (nSPS) is 18.7. The maximum absolute atomic E-state index is 14.1. The number of methoxy groups -OCH3 is 2. The minimum atomic E-state index is -5.32. The van der Waals surface area contributed by atoms with Crippen LogP contribution in [0.5, 0.6) is 11.5 Å². The molecular formula is C64H81F6N8O17P. The van der Waals surface area contributed by atoms with Crippen molar-refractivity contribution in [1.82, 2.24) is 33.6 Å². The van der Waals surface area contributed by atoms with Crippen LogP contribution in [-0.2, 0) is 57.4 Å². The Kier molecular flexibility index (Phi) is 27.9. The molecule has 0 saturated carbocycles. The lowest BCUT2D eigenvalue weighted by molar-refractivity contribution is -0.187. The van der Waals surface area contributed by atoms with E-state index in [4.69, 9.17) is 51.7 Å². The van der Waals surface area contributed by atoms with Gasteiger partial charge in [0.05, 0.1) is 98.4 Å². The van der Waals surface area contributed by atoms with Crippen molar-refractivity contribution < 1.29 is 87.6 Å². The zero-order valence-corrected chi connectivity index (χ0v) is 55.3. The molecule has 2 aromatic heterocycles. The fraction of sp³-hybridized carbons (Fsp3) is 0.547. The molecule has 0 aliphatic carbocycles. The van der Waals surface area contributed by atoms with Gasteiger partial charge in [-0.1, -0.05) is 54.6 Å². The van der Waals surface area contributed by atoms with Gasteiger partial charge in [0, 0.05) is 74.6 Å². The van der Waals surface area contributed by atoms with Gasteiger partial charge in [-0.2, -0.15) is 31.6 Å². The molecule has 0 radical (unpaired) electrons. The molecule has 7 atom stereocenters. The number of halogens is 6. The van der Waals surface area contributed by atoms with Crippen LogP contribution in [0.15, 0.2) is 110 Å². The number of carbonyl (C=O) groups is 2. The highest BCUT2D eigenvalue weighted by Gasteiger charge is 2.47. The van der Waals surface area contributed by atoms with E-state index in [0.29, 0.717) is 38.0 Å². The highest BCUT2D eigenvalue weighted by atomic mass is 31.2. The van der Waals surface area contributed by atoms with Crippen LogP contribution in [0.3, 0.4) is 0 Å². The monoisotopic (exact) mass is 1380 g/mol. The molecule has 2 saturated heterocycles. The Hall–Kier alpha value is -7.34. The molecule has 96 heavy (non-hydrogen) atoms. The Morgan fingerprint density at radius 1 is 0.615 bits per heavy atom. The number of amides is 2. The largest absolute Gasteiger partial charge is 0.497 e. The number of nitrogens with one attached hydrogen (secondary N) is 2. The first kappa shape index (κ1) is 76.0. The molecule has 7 rings (SSSR count). The number of ether oxygens (including phenoxy) is 9. The van der Waals surface area contributed by atoms with Crippen LogP contribution in [0.1, 0.15) is 87.2 Å². The van der Waals surface area contributed by atoms with E-state index in [1.54, 1.807) is 24.3 Å². The third kappa shape index (κ3) is 20.1. The second-order valence-electron chi connectivity index (χ2n) is 23.0. The highest BCUT2D eigenvalue weighted by molar-refractivity contribution is 7.44. The fourth-order valence-electron chi connectivity index (χ4n) is 11.0. The van der Waals surface area contributed by atoms with Crippen LogP contribution >= 0.6 is 8.53 Å². The number of aromatic nitrogens is 4. The first-order valence-electron chi connectivity index (χ1n) is 31.0. The van der Waals surface area contributed by atoms with Gasteiger partial charge in [-0.3, -0.25) is 38.3 Å². The zero-order valence-electron chi connectivity index (χ0n) is 54.4. The molecule has 2 amide bonds. The third-order valence-electron chi connectivity index (χ3n) is 15.7. The smallest absolute Gasteiger partial charge is 0.471 e. The lowest BCUT2D eigenvalue weighted by atomic mass is 9.80. The number of nitriles is 1. The summed E-state index contributed by atoms with van der Waals surface area (Å²) in [6.07, 6.45) is -13.8. The second-order valence-corrected chi connectivity index (χ2v) is 24.4. The molecule has 2 fully saturated rings. The maximum atomic E-state index is 14.1. The minimum Gasteiger partial charge on any atom is -0.497 e. The SMILES string of the molecule is COc1ccc(C(OC[C@H]2O[C@@H](n3cc(C)c(=O)[nH]c3=O)C[C@@H]2OCCN(CCOCCOCCN(CCOC[C@H]2O[C@@H](n3cc(C)c(=O)[nH]c3=O)C[C@@H]2OP(OCCC#N)N(C(C)C)C(C)C)C(=O)C(F)(F)F)C(=O)C(F)(F)F)(c2ccccc2)c2ccc(OC)cc2)cc1. The lowest BCUT2D eigenvalue weighted by Crippen LogP contribution is -2.45. The third-order valence-corrected chi connectivity index (χ3v) is 17.9. The standard InChI is InChI=1S/C64H81F6N8O17P/c1-41(2)78(42(3)4)96(92-28-12-23-71)95-51-36-55(77-38-44(6)57(80)73-61(77)84)93-52(51)39-89-31-26-74(58(81)63(65,66)67)24-29-87-33-34-88-30-25-75(59(82)64(68,69)70)27-32-90-50-35-54(76-37-43(5)56(79)72-60(76)83)94-53(50)40-91-62(45-13-10-9-11-14-45,46-15-19-48(85-7)20-16-46)47-17-21-49(86-8)22-18-47/h9-11,13-22,37-38,41-42,50-55H,12,24-36,39-40H2,1-8H3,(H,72,79,83)(H,73,80,84)/t50-,51-,52+,53+,54+,55+,96?/m0/s1. The van der Waals surface area contributed by atoms with E-state index in [9.17, 15) is 60.4 Å². The summed E-state index contributed by atoms with van der Waals surface area (Å²) in [6.45, 7) is 5.40. The first-order valence-corrected chi connectivity index (χ1v) is 32.1.